The molecular formula is C18H26F2N2O4. The molecule has 0 atom stereocenters. The van der Waals surface area contributed by atoms with Crippen molar-refractivity contribution in [2.45, 2.75) is 64.8 Å². The first-order valence-corrected chi connectivity index (χ1v) is 9.18. The van der Waals surface area contributed by atoms with E-state index < -0.39 is 18.1 Å². The Morgan fingerprint density at radius 2 is 1.92 bits per heavy atom. The van der Waals surface area contributed by atoms with Gasteiger partial charge in [0.15, 0.2) is 0 Å². The molecule has 2 rings (SSSR count). The molecule has 0 saturated heterocycles. The van der Waals surface area contributed by atoms with Crippen molar-refractivity contribution in [3.63, 3.8) is 0 Å². The third-order valence-electron chi connectivity index (χ3n) is 4.65. The van der Waals surface area contributed by atoms with Gasteiger partial charge in [0, 0.05) is 0 Å². The minimum atomic E-state index is -2.82. The van der Waals surface area contributed by atoms with Crippen LogP contribution in [-0.4, -0.2) is 34.9 Å². The number of unbranched alkanes of at least 4 members (excludes halogenated alkanes) is 1. The summed E-state index contributed by atoms with van der Waals surface area (Å²) < 4.78 is 38.5. The fourth-order valence-corrected chi connectivity index (χ4v) is 3.24. The summed E-state index contributed by atoms with van der Waals surface area (Å²) in [5.74, 6) is -1.20. The summed E-state index contributed by atoms with van der Waals surface area (Å²) in [7, 11) is 0. The van der Waals surface area contributed by atoms with E-state index in [0.717, 1.165) is 12.6 Å². The number of nitrogens with zero attached hydrogens (tertiary/aromatic N) is 2. The maximum absolute atomic E-state index is 13.6. The van der Waals surface area contributed by atoms with Crippen LogP contribution in [0.5, 0.6) is 0 Å². The van der Waals surface area contributed by atoms with Gasteiger partial charge in [-0.05, 0) is 39.0 Å². The SMILES string of the molecule is CCCCOC(=O)c1cnn(C2CCC(C(=O)OCC)CC2)c1C(F)F. The molecule has 1 aromatic heterocycles. The third kappa shape index (κ3) is 4.80. The fraction of sp³-hybridized carbons (Fsp3) is 0.722. The molecular weight excluding hydrogens is 346 g/mol. The predicted octanol–water partition coefficient (Wildman–Crippen LogP) is 4.07. The average Bonchev–Trinajstić information content (AvgIpc) is 3.07. The first-order valence-electron chi connectivity index (χ1n) is 9.18. The minimum absolute atomic E-state index is 0.177. The minimum Gasteiger partial charge on any atom is -0.466 e. The number of carbonyl (C=O) groups excluding carboxylic acids is 2. The normalized spacial score (nSPS) is 20.2. The van der Waals surface area contributed by atoms with E-state index in [1.807, 2.05) is 6.92 Å². The van der Waals surface area contributed by atoms with Crippen LogP contribution in [0.3, 0.4) is 0 Å². The lowest BCUT2D eigenvalue weighted by Crippen LogP contribution is -2.26. The smallest absolute Gasteiger partial charge is 0.341 e. The van der Waals surface area contributed by atoms with E-state index in [1.165, 1.54) is 4.68 Å². The van der Waals surface area contributed by atoms with Gasteiger partial charge in [-0.3, -0.25) is 9.48 Å². The van der Waals surface area contributed by atoms with E-state index in [0.29, 0.717) is 38.7 Å². The van der Waals surface area contributed by atoms with Crippen molar-refractivity contribution in [2.75, 3.05) is 13.2 Å². The van der Waals surface area contributed by atoms with Crippen molar-refractivity contribution in [1.29, 1.82) is 0 Å². The zero-order valence-electron chi connectivity index (χ0n) is 15.2. The van der Waals surface area contributed by atoms with Gasteiger partial charge in [0.2, 0.25) is 0 Å². The number of aromatic nitrogens is 2. The number of hydrogen-bond donors (Lipinski definition) is 0. The van der Waals surface area contributed by atoms with Gasteiger partial charge in [-0.15, -0.1) is 0 Å². The van der Waals surface area contributed by atoms with Crippen LogP contribution >= 0.6 is 0 Å². The lowest BCUT2D eigenvalue weighted by atomic mass is 9.86. The highest BCUT2D eigenvalue weighted by Gasteiger charge is 2.33. The van der Waals surface area contributed by atoms with Gasteiger partial charge >= 0.3 is 11.9 Å². The second kappa shape index (κ2) is 9.64. The van der Waals surface area contributed by atoms with Crippen LogP contribution in [0.15, 0.2) is 6.20 Å². The Labute approximate surface area is 151 Å². The van der Waals surface area contributed by atoms with Gasteiger partial charge in [0.05, 0.1) is 31.4 Å². The maximum Gasteiger partial charge on any atom is 0.341 e. The van der Waals surface area contributed by atoms with E-state index in [-0.39, 0.29) is 30.1 Å². The standard InChI is InChI=1S/C18H26F2N2O4/c1-3-5-10-26-18(24)14-11-21-22(15(14)16(19)20)13-8-6-12(7-9-13)17(23)25-4-2/h11-13,16H,3-10H2,1-2H3. The summed E-state index contributed by atoms with van der Waals surface area (Å²) in [5, 5.41) is 4.04. The Balaban J connectivity index is 2.08. The molecule has 0 amide bonds. The summed E-state index contributed by atoms with van der Waals surface area (Å²) in [6.45, 7) is 4.23. The molecule has 0 spiro atoms. The van der Waals surface area contributed by atoms with Gasteiger partial charge in [-0.2, -0.15) is 5.10 Å². The van der Waals surface area contributed by atoms with Crippen molar-refractivity contribution in [3.8, 4) is 0 Å². The number of esters is 2. The quantitative estimate of drug-likeness (QED) is 0.508. The van der Waals surface area contributed by atoms with Gasteiger partial charge in [0.1, 0.15) is 11.3 Å². The van der Waals surface area contributed by atoms with Crippen LogP contribution in [0.2, 0.25) is 0 Å². The van der Waals surface area contributed by atoms with Gasteiger partial charge in [-0.25, -0.2) is 13.6 Å². The lowest BCUT2D eigenvalue weighted by molar-refractivity contribution is -0.149. The number of alkyl halides is 2. The highest BCUT2D eigenvalue weighted by Crippen LogP contribution is 2.36. The van der Waals surface area contributed by atoms with Crippen molar-refractivity contribution >= 4 is 11.9 Å². The molecule has 1 saturated carbocycles. The number of halogens is 2. The van der Waals surface area contributed by atoms with Gasteiger partial charge < -0.3 is 9.47 Å². The molecule has 1 aliphatic rings. The van der Waals surface area contributed by atoms with Crippen LogP contribution in [0.25, 0.3) is 0 Å². The van der Waals surface area contributed by atoms with Crippen molar-refractivity contribution in [1.82, 2.24) is 9.78 Å². The zero-order valence-corrected chi connectivity index (χ0v) is 15.2. The number of ether oxygens (including phenoxy) is 2. The third-order valence-corrected chi connectivity index (χ3v) is 4.65. The van der Waals surface area contributed by atoms with E-state index in [4.69, 9.17) is 9.47 Å². The van der Waals surface area contributed by atoms with E-state index >= 15 is 0 Å². The highest BCUT2D eigenvalue weighted by molar-refractivity contribution is 5.90. The van der Waals surface area contributed by atoms with Crippen LogP contribution in [0.1, 0.15) is 80.9 Å². The van der Waals surface area contributed by atoms with E-state index in [2.05, 4.69) is 5.10 Å². The summed E-state index contributed by atoms with van der Waals surface area (Å²) in [4.78, 5) is 23.9. The maximum atomic E-state index is 13.6. The second-order valence-corrected chi connectivity index (χ2v) is 6.44. The first-order chi connectivity index (χ1) is 12.5. The summed E-state index contributed by atoms with van der Waals surface area (Å²) in [6, 6.07) is -0.262. The number of hydrogen-bond acceptors (Lipinski definition) is 5. The molecule has 0 N–H and O–H groups in total. The summed E-state index contributed by atoms with van der Waals surface area (Å²) >= 11 is 0. The Morgan fingerprint density at radius 1 is 1.23 bits per heavy atom. The second-order valence-electron chi connectivity index (χ2n) is 6.44. The Kier molecular flexibility index (Phi) is 7.53. The van der Waals surface area contributed by atoms with Gasteiger partial charge in [0.25, 0.3) is 6.43 Å². The summed E-state index contributed by atoms with van der Waals surface area (Å²) in [6.07, 6.45) is 2.05. The Bertz CT molecular complexity index is 610. The highest BCUT2D eigenvalue weighted by atomic mass is 19.3. The molecule has 8 heteroatoms. The summed E-state index contributed by atoms with van der Waals surface area (Å²) in [5.41, 5.74) is -0.574. The molecule has 1 aliphatic carbocycles. The van der Waals surface area contributed by atoms with Crippen molar-refractivity contribution < 1.29 is 27.8 Å². The van der Waals surface area contributed by atoms with E-state index in [1.54, 1.807) is 6.92 Å². The Morgan fingerprint density at radius 3 is 2.50 bits per heavy atom. The van der Waals surface area contributed by atoms with Gasteiger partial charge in [-0.1, -0.05) is 13.3 Å². The monoisotopic (exact) mass is 372 g/mol. The van der Waals surface area contributed by atoms with Crippen LogP contribution in [0.4, 0.5) is 8.78 Å². The fourth-order valence-electron chi connectivity index (χ4n) is 3.24. The molecule has 0 aliphatic heterocycles. The van der Waals surface area contributed by atoms with E-state index in [9.17, 15) is 18.4 Å². The van der Waals surface area contributed by atoms with Crippen molar-refractivity contribution in [2.24, 2.45) is 5.92 Å². The molecule has 1 fully saturated rings. The molecule has 0 aromatic carbocycles. The van der Waals surface area contributed by atoms with Crippen molar-refractivity contribution in [3.05, 3.63) is 17.5 Å². The number of carbonyl (C=O) groups is 2. The molecule has 1 aromatic rings. The number of rotatable bonds is 8. The molecule has 0 radical (unpaired) electrons. The zero-order chi connectivity index (χ0) is 19.1. The lowest BCUT2D eigenvalue weighted by Gasteiger charge is -2.28. The molecule has 1 heterocycles. The first kappa shape index (κ1) is 20.3. The molecule has 146 valence electrons. The van der Waals surface area contributed by atoms with Crippen LogP contribution < -0.4 is 0 Å². The largest absolute Gasteiger partial charge is 0.466 e. The van der Waals surface area contributed by atoms with Crippen LogP contribution in [-0.2, 0) is 14.3 Å². The topological polar surface area (TPSA) is 70.4 Å². The molecule has 0 bridgehead atoms. The molecule has 26 heavy (non-hydrogen) atoms. The Hall–Kier alpha value is -1.99. The predicted molar refractivity (Wildman–Crippen MR) is 90.0 cm³/mol. The molecule has 6 nitrogen and oxygen atoms in total. The van der Waals surface area contributed by atoms with Crippen LogP contribution in [0, 0.1) is 5.92 Å². The average molecular weight is 372 g/mol. The molecule has 0 unspecified atom stereocenters.